The molecule has 11 heteroatoms. The second-order valence-electron chi connectivity index (χ2n) is 7.70. The number of methoxy groups -OCH3 is 1. The Balaban J connectivity index is 1.82. The molecule has 0 aromatic heterocycles. The molecule has 0 saturated heterocycles. The summed E-state index contributed by atoms with van der Waals surface area (Å²) in [4.78, 5) is 12.6. The summed E-state index contributed by atoms with van der Waals surface area (Å²) in [6, 6.07) is 18.5. The number of benzene rings is 3. The first-order valence-electron chi connectivity index (χ1n) is 10.0. The zero-order valence-corrected chi connectivity index (χ0v) is 20.2. The van der Waals surface area contributed by atoms with Gasteiger partial charge in [0.15, 0.2) is 0 Å². The number of anilines is 1. The third-order valence-corrected chi connectivity index (χ3v) is 8.34. The number of urea groups is 1. The number of nitrogens with zero attached hydrogens (tertiary/aromatic N) is 1. The second-order valence-corrected chi connectivity index (χ2v) is 11.6. The van der Waals surface area contributed by atoms with E-state index in [1.807, 2.05) is 42.5 Å². The minimum absolute atomic E-state index is 0.178. The molecule has 0 radical (unpaired) electrons. The zero-order valence-electron chi connectivity index (χ0n) is 18.5. The van der Waals surface area contributed by atoms with Gasteiger partial charge in [0.1, 0.15) is 17.6 Å². The number of hydrogen-bond acceptors (Lipinski definition) is 7. The summed E-state index contributed by atoms with van der Waals surface area (Å²) in [7, 11) is -7.19. The number of carbonyl (C=O) groups is 1. The Morgan fingerprint density at radius 3 is 2.24 bits per heavy atom. The fourth-order valence-corrected chi connectivity index (χ4v) is 6.57. The third kappa shape index (κ3) is 4.44. The average Bonchev–Trinajstić information content (AvgIpc) is 2.76. The second kappa shape index (κ2) is 8.65. The topological polar surface area (TPSA) is 119 Å². The van der Waals surface area contributed by atoms with E-state index in [-0.39, 0.29) is 9.40 Å². The predicted molar refractivity (Wildman–Crippen MR) is 128 cm³/mol. The van der Waals surface area contributed by atoms with Crippen molar-refractivity contribution in [3.63, 3.8) is 0 Å². The standard InChI is InChI=1S/C23H22N2O7S2/c1-31-19-10-7-11-20-21(19)17-13-12-16(24-23(26)25(33(2,27)28)34(3,29)30)14-18(17)22(32-20)15-8-5-4-6-9-15/h4-14,22H,1-3H3,(H,24,26). The highest BCUT2D eigenvalue weighted by molar-refractivity contribution is 8.04. The molecular weight excluding hydrogens is 480 g/mol. The molecule has 0 spiro atoms. The molecule has 3 aromatic rings. The van der Waals surface area contributed by atoms with E-state index in [2.05, 4.69) is 5.32 Å². The van der Waals surface area contributed by atoms with Crippen LogP contribution in [0.4, 0.5) is 10.5 Å². The molecule has 1 N–H and O–H groups in total. The molecule has 0 saturated carbocycles. The Bertz CT molecular complexity index is 1440. The van der Waals surface area contributed by atoms with Gasteiger partial charge in [-0.1, -0.05) is 42.5 Å². The summed E-state index contributed by atoms with van der Waals surface area (Å²) in [6.07, 6.45) is 0.750. The maximum atomic E-state index is 12.6. The Kier molecular flexibility index (Phi) is 6.00. The molecule has 1 unspecified atom stereocenters. The molecule has 1 aliphatic rings. The molecule has 1 atom stereocenters. The summed E-state index contributed by atoms with van der Waals surface area (Å²) in [6.45, 7) is 0. The smallest absolute Gasteiger partial charge is 0.349 e. The lowest BCUT2D eigenvalue weighted by Crippen LogP contribution is -2.43. The number of amides is 2. The van der Waals surface area contributed by atoms with Gasteiger partial charge in [0, 0.05) is 11.3 Å². The van der Waals surface area contributed by atoms with E-state index in [4.69, 9.17) is 9.47 Å². The van der Waals surface area contributed by atoms with E-state index in [9.17, 15) is 21.6 Å². The number of fused-ring (bicyclic) bond motifs is 3. The molecule has 4 rings (SSSR count). The van der Waals surface area contributed by atoms with Crippen molar-refractivity contribution in [3.05, 3.63) is 77.9 Å². The summed E-state index contributed by atoms with van der Waals surface area (Å²) >= 11 is 0. The fraction of sp³-hybridized carbons (Fsp3) is 0.174. The molecular formula is C23H22N2O7S2. The monoisotopic (exact) mass is 502 g/mol. The highest BCUT2D eigenvalue weighted by Crippen LogP contribution is 2.49. The highest BCUT2D eigenvalue weighted by atomic mass is 32.3. The van der Waals surface area contributed by atoms with Crippen molar-refractivity contribution in [1.29, 1.82) is 0 Å². The first kappa shape index (κ1) is 23.6. The summed E-state index contributed by atoms with van der Waals surface area (Å²) in [5.41, 5.74) is 3.28. The molecule has 0 fully saturated rings. The SMILES string of the molecule is COc1cccc2c1-c1ccc(NC(=O)N(S(C)(=O)=O)S(C)(=O)=O)cc1C(c1ccccc1)O2. The first-order valence-corrected chi connectivity index (χ1v) is 13.7. The number of ether oxygens (including phenoxy) is 2. The summed E-state index contributed by atoms with van der Waals surface area (Å²) < 4.78 is 59.4. The van der Waals surface area contributed by atoms with Gasteiger partial charge >= 0.3 is 6.03 Å². The molecule has 9 nitrogen and oxygen atoms in total. The minimum Gasteiger partial charge on any atom is -0.496 e. The van der Waals surface area contributed by atoms with E-state index in [1.54, 1.807) is 31.4 Å². The lowest BCUT2D eigenvalue weighted by Gasteiger charge is -2.30. The van der Waals surface area contributed by atoms with E-state index < -0.39 is 32.2 Å². The quantitative estimate of drug-likeness (QED) is 0.566. The highest BCUT2D eigenvalue weighted by Gasteiger charge is 2.34. The van der Waals surface area contributed by atoms with Crippen LogP contribution < -0.4 is 14.8 Å². The van der Waals surface area contributed by atoms with Crippen LogP contribution in [-0.2, 0) is 20.0 Å². The van der Waals surface area contributed by atoms with Crippen LogP contribution in [0.1, 0.15) is 17.2 Å². The van der Waals surface area contributed by atoms with Crippen LogP contribution in [0.2, 0.25) is 0 Å². The predicted octanol–water partition coefficient (Wildman–Crippen LogP) is 3.60. The molecule has 0 bridgehead atoms. The van der Waals surface area contributed by atoms with E-state index in [1.165, 1.54) is 0 Å². The molecule has 3 aromatic carbocycles. The lowest BCUT2D eigenvalue weighted by atomic mass is 9.88. The van der Waals surface area contributed by atoms with Gasteiger partial charge in [0.05, 0.1) is 25.2 Å². The van der Waals surface area contributed by atoms with Gasteiger partial charge in [-0.05, 0) is 35.4 Å². The maximum absolute atomic E-state index is 12.6. The zero-order chi connectivity index (χ0) is 24.7. The number of sulfonamides is 2. The molecule has 2 amide bonds. The van der Waals surface area contributed by atoms with Gasteiger partial charge in [-0.2, -0.15) is 0 Å². The molecule has 1 heterocycles. The number of hydrogen-bond donors (Lipinski definition) is 1. The van der Waals surface area contributed by atoms with Crippen LogP contribution in [-0.4, -0.2) is 46.2 Å². The van der Waals surface area contributed by atoms with Crippen LogP contribution in [0.3, 0.4) is 0 Å². The van der Waals surface area contributed by atoms with Crippen LogP contribution in [0.25, 0.3) is 11.1 Å². The van der Waals surface area contributed by atoms with Gasteiger partial charge in [0.2, 0.25) is 20.0 Å². The van der Waals surface area contributed by atoms with Gasteiger partial charge < -0.3 is 14.8 Å². The molecule has 178 valence electrons. The number of carbonyl (C=O) groups excluding carboxylic acids is 1. The van der Waals surface area contributed by atoms with Crippen LogP contribution >= 0.6 is 0 Å². The lowest BCUT2D eigenvalue weighted by molar-refractivity contribution is 0.242. The van der Waals surface area contributed by atoms with Crippen molar-refractivity contribution in [2.45, 2.75) is 6.10 Å². The Hall–Kier alpha value is -3.57. The summed E-state index contributed by atoms with van der Waals surface area (Å²) in [5.74, 6) is 1.22. The molecule has 0 aliphatic carbocycles. The van der Waals surface area contributed by atoms with E-state index in [0.29, 0.717) is 29.6 Å². The summed E-state index contributed by atoms with van der Waals surface area (Å²) in [5, 5.41) is 2.37. The average molecular weight is 503 g/mol. The van der Waals surface area contributed by atoms with E-state index in [0.717, 1.165) is 16.7 Å². The molecule has 1 aliphatic heterocycles. The molecule has 34 heavy (non-hydrogen) atoms. The van der Waals surface area contributed by atoms with Gasteiger partial charge in [0.25, 0.3) is 0 Å². The maximum Gasteiger partial charge on any atom is 0.349 e. The largest absolute Gasteiger partial charge is 0.496 e. The van der Waals surface area contributed by atoms with Crippen LogP contribution in [0, 0.1) is 0 Å². The minimum atomic E-state index is -4.37. The normalized spacial score (nSPS) is 14.9. The van der Waals surface area contributed by atoms with Gasteiger partial charge in [-0.15, -0.1) is 3.71 Å². The van der Waals surface area contributed by atoms with Crippen LogP contribution in [0.15, 0.2) is 66.7 Å². The van der Waals surface area contributed by atoms with Crippen molar-refractivity contribution < 1.29 is 31.1 Å². The van der Waals surface area contributed by atoms with Crippen LogP contribution in [0.5, 0.6) is 11.5 Å². The third-order valence-electron chi connectivity index (χ3n) is 5.18. The van der Waals surface area contributed by atoms with Crippen molar-refractivity contribution in [2.75, 3.05) is 24.9 Å². The Labute approximate surface area is 198 Å². The first-order chi connectivity index (χ1) is 16.0. The van der Waals surface area contributed by atoms with Crippen molar-refractivity contribution in [1.82, 2.24) is 3.71 Å². The van der Waals surface area contributed by atoms with Crippen molar-refractivity contribution >= 4 is 31.8 Å². The Morgan fingerprint density at radius 1 is 0.941 bits per heavy atom. The van der Waals surface area contributed by atoms with Crippen molar-refractivity contribution in [3.8, 4) is 22.6 Å². The van der Waals surface area contributed by atoms with E-state index >= 15 is 0 Å². The van der Waals surface area contributed by atoms with Gasteiger partial charge in [-0.25, -0.2) is 21.6 Å². The number of nitrogens with one attached hydrogen (secondary N) is 1. The fourth-order valence-electron chi connectivity index (χ4n) is 3.91. The Morgan fingerprint density at radius 2 is 1.62 bits per heavy atom. The van der Waals surface area contributed by atoms with Gasteiger partial charge in [-0.3, -0.25) is 0 Å². The van der Waals surface area contributed by atoms with Crippen molar-refractivity contribution in [2.24, 2.45) is 0 Å². The number of rotatable bonds is 5.